The second-order valence-electron chi connectivity index (χ2n) is 4.44. The van der Waals surface area contributed by atoms with Crippen LogP contribution < -0.4 is 10.1 Å². The maximum absolute atomic E-state index is 5.88. The summed E-state index contributed by atoms with van der Waals surface area (Å²) in [7, 11) is 1.67. The van der Waals surface area contributed by atoms with Crippen molar-refractivity contribution in [1.82, 2.24) is 0 Å². The molecule has 4 heteroatoms. The van der Waals surface area contributed by atoms with Crippen LogP contribution in [0.3, 0.4) is 0 Å². The summed E-state index contributed by atoms with van der Waals surface area (Å²) in [5, 5.41) is 3.32. The zero-order chi connectivity index (χ0) is 14.8. The van der Waals surface area contributed by atoms with Crippen molar-refractivity contribution >= 4 is 5.69 Å². The van der Waals surface area contributed by atoms with Crippen LogP contribution in [0.1, 0.15) is 0 Å². The Balaban J connectivity index is 1.85. The van der Waals surface area contributed by atoms with E-state index in [0.29, 0.717) is 19.8 Å². The fourth-order valence-corrected chi connectivity index (χ4v) is 1.82. The van der Waals surface area contributed by atoms with Gasteiger partial charge in [0.05, 0.1) is 25.5 Å². The minimum Gasteiger partial charge on any atom is -0.455 e. The third kappa shape index (κ3) is 5.45. The molecule has 0 aliphatic carbocycles. The van der Waals surface area contributed by atoms with Crippen molar-refractivity contribution in [3.63, 3.8) is 0 Å². The number of anilines is 1. The number of hydrogen-bond acceptors (Lipinski definition) is 4. The first-order chi connectivity index (χ1) is 10.4. The highest BCUT2D eigenvalue weighted by molar-refractivity contribution is 5.57. The first-order valence-electron chi connectivity index (χ1n) is 7.02. The van der Waals surface area contributed by atoms with Gasteiger partial charge >= 0.3 is 0 Å². The number of benzene rings is 2. The highest BCUT2D eigenvalue weighted by atomic mass is 16.5. The minimum absolute atomic E-state index is 0.611. The number of para-hydroxylation sites is 3. The molecular weight excluding hydrogens is 266 g/mol. The summed E-state index contributed by atoms with van der Waals surface area (Å²) in [5.41, 5.74) is 0.955. The van der Waals surface area contributed by atoms with Crippen molar-refractivity contribution in [3.05, 3.63) is 54.6 Å². The van der Waals surface area contributed by atoms with Gasteiger partial charge in [0.1, 0.15) is 5.75 Å². The predicted molar refractivity (Wildman–Crippen MR) is 84.1 cm³/mol. The van der Waals surface area contributed by atoms with Gasteiger partial charge in [-0.15, -0.1) is 0 Å². The van der Waals surface area contributed by atoms with E-state index in [9.17, 15) is 0 Å². The molecule has 2 aromatic carbocycles. The molecule has 0 spiro atoms. The standard InChI is InChI=1S/C17H21NO3/c1-19-13-14-20-12-11-18-16-9-5-6-10-17(16)21-15-7-3-2-4-8-15/h2-10,18H,11-14H2,1H3. The van der Waals surface area contributed by atoms with Crippen LogP contribution in [0.2, 0.25) is 0 Å². The lowest BCUT2D eigenvalue weighted by Gasteiger charge is -2.13. The summed E-state index contributed by atoms with van der Waals surface area (Å²) in [6, 6.07) is 17.6. The Kier molecular flexibility index (Phi) is 6.58. The largest absolute Gasteiger partial charge is 0.455 e. The van der Waals surface area contributed by atoms with Crippen molar-refractivity contribution < 1.29 is 14.2 Å². The average molecular weight is 287 g/mol. The van der Waals surface area contributed by atoms with Crippen molar-refractivity contribution in [2.24, 2.45) is 0 Å². The molecule has 2 rings (SSSR count). The molecule has 0 heterocycles. The maximum Gasteiger partial charge on any atom is 0.150 e. The van der Waals surface area contributed by atoms with E-state index < -0.39 is 0 Å². The molecule has 0 saturated heterocycles. The maximum atomic E-state index is 5.88. The molecule has 0 bridgehead atoms. The molecule has 0 aromatic heterocycles. The highest BCUT2D eigenvalue weighted by Gasteiger charge is 2.03. The summed E-state index contributed by atoms with van der Waals surface area (Å²) in [6.45, 7) is 2.58. The van der Waals surface area contributed by atoms with Gasteiger partial charge in [-0.3, -0.25) is 0 Å². The summed E-state index contributed by atoms with van der Waals surface area (Å²) in [4.78, 5) is 0. The zero-order valence-corrected chi connectivity index (χ0v) is 12.2. The van der Waals surface area contributed by atoms with Gasteiger partial charge in [0, 0.05) is 13.7 Å². The Morgan fingerprint density at radius 1 is 0.857 bits per heavy atom. The molecule has 0 radical (unpaired) electrons. The number of methoxy groups -OCH3 is 1. The van der Waals surface area contributed by atoms with Crippen molar-refractivity contribution in [2.45, 2.75) is 0 Å². The van der Waals surface area contributed by atoms with Gasteiger partial charge in [0.15, 0.2) is 5.75 Å². The second-order valence-corrected chi connectivity index (χ2v) is 4.44. The Morgan fingerprint density at radius 2 is 1.62 bits per heavy atom. The normalized spacial score (nSPS) is 10.3. The van der Waals surface area contributed by atoms with Gasteiger partial charge in [0.2, 0.25) is 0 Å². The summed E-state index contributed by atoms with van der Waals surface area (Å²) >= 11 is 0. The molecular formula is C17H21NO3. The lowest BCUT2D eigenvalue weighted by atomic mass is 10.3. The topological polar surface area (TPSA) is 39.7 Å². The van der Waals surface area contributed by atoms with Crippen LogP contribution in [-0.2, 0) is 9.47 Å². The van der Waals surface area contributed by atoms with Crippen LogP contribution in [0.25, 0.3) is 0 Å². The van der Waals surface area contributed by atoms with Gasteiger partial charge in [0.25, 0.3) is 0 Å². The van der Waals surface area contributed by atoms with E-state index in [1.165, 1.54) is 0 Å². The molecule has 0 aliphatic rings. The van der Waals surface area contributed by atoms with Gasteiger partial charge in [-0.2, -0.15) is 0 Å². The summed E-state index contributed by atoms with van der Waals surface area (Å²) in [5.74, 6) is 1.63. The number of hydrogen-bond donors (Lipinski definition) is 1. The molecule has 21 heavy (non-hydrogen) atoms. The average Bonchev–Trinajstić information content (AvgIpc) is 2.53. The van der Waals surface area contributed by atoms with Crippen LogP contribution in [-0.4, -0.2) is 33.5 Å². The first-order valence-corrected chi connectivity index (χ1v) is 7.02. The SMILES string of the molecule is COCCOCCNc1ccccc1Oc1ccccc1. The number of ether oxygens (including phenoxy) is 3. The Bertz CT molecular complexity index is 516. The molecule has 112 valence electrons. The van der Waals surface area contributed by atoms with Gasteiger partial charge in [-0.25, -0.2) is 0 Å². The molecule has 0 saturated carbocycles. The van der Waals surface area contributed by atoms with E-state index in [1.807, 2.05) is 54.6 Å². The molecule has 4 nitrogen and oxygen atoms in total. The minimum atomic E-state index is 0.611. The van der Waals surface area contributed by atoms with E-state index in [1.54, 1.807) is 7.11 Å². The second kappa shape index (κ2) is 9.00. The molecule has 0 amide bonds. The Morgan fingerprint density at radius 3 is 2.43 bits per heavy atom. The fourth-order valence-electron chi connectivity index (χ4n) is 1.82. The quantitative estimate of drug-likeness (QED) is 0.716. The lowest BCUT2D eigenvalue weighted by molar-refractivity contribution is 0.0759. The van der Waals surface area contributed by atoms with Crippen LogP contribution in [0, 0.1) is 0 Å². The van der Waals surface area contributed by atoms with E-state index in [4.69, 9.17) is 14.2 Å². The molecule has 0 unspecified atom stereocenters. The summed E-state index contributed by atoms with van der Waals surface area (Å²) < 4.78 is 16.2. The predicted octanol–water partition coefficient (Wildman–Crippen LogP) is 3.55. The van der Waals surface area contributed by atoms with Crippen molar-refractivity contribution in [1.29, 1.82) is 0 Å². The van der Waals surface area contributed by atoms with Crippen LogP contribution in [0.15, 0.2) is 54.6 Å². The fraction of sp³-hybridized carbons (Fsp3) is 0.294. The van der Waals surface area contributed by atoms with E-state index in [2.05, 4.69) is 5.32 Å². The van der Waals surface area contributed by atoms with Crippen molar-refractivity contribution in [2.75, 3.05) is 38.8 Å². The van der Waals surface area contributed by atoms with Gasteiger partial charge in [-0.05, 0) is 24.3 Å². The molecule has 2 aromatic rings. The lowest BCUT2D eigenvalue weighted by Crippen LogP contribution is -2.12. The first kappa shape index (κ1) is 15.4. The molecule has 0 atom stereocenters. The third-order valence-corrected chi connectivity index (χ3v) is 2.85. The van der Waals surface area contributed by atoms with Crippen molar-refractivity contribution in [3.8, 4) is 11.5 Å². The molecule has 0 aliphatic heterocycles. The Hall–Kier alpha value is -2.04. The van der Waals surface area contributed by atoms with Gasteiger partial charge < -0.3 is 19.5 Å². The zero-order valence-electron chi connectivity index (χ0n) is 12.2. The highest BCUT2D eigenvalue weighted by Crippen LogP contribution is 2.28. The van der Waals surface area contributed by atoms with E-state index in [0.717, 1.165) is 23.7 Å². The van der Waals surface area contributed by atoms with E-state index >= 15 is 0 Å². The molecule has 0 fully saturated rings. The van der Waals surface area contributed by atoms with Crippen LogP contribution in [0.4, 0.5) is 5.69 Å². The number of rotatable bonds is 9. The Labute approximate surface area is 125 Å². The third-order valence-electron chi connectivity index (χ3n) is 2.85. The van der Waals surface area contributed by atoms with E-state index in [-0.39, 0.29) is 0 Å². The monoisotopic (exact) mass is 287 g/mol. The summed E-state index contributed by atoms with van der Waals surface area (Å²) in [6.07, 6.45) is 0. The van der Waals surface area contributed by atoms with Crippen LogP contribution >= 0.6 is 0 Å². The number of nitrogens with one attached hydrogen (secondary N) is 1. The van der Waals surface area contributed by atoms with Gasteiger partial charge in [-0.1, -0.05) is 30.3 Å². The molecule has 1 N–H and O–H groups in total. The smallest absolute Gasteiger partial charge is 0.150 e. The van der Waals surface area contributed by atoms with Crippen LogP contribution in [0.5, 0.6) is 11.5 Å².